The first-order valence-electron chi connectivity index (χ1n) is 13.7. The van der Waals surface area contributed by atoms with Crippen LogP contribution >= 0.6 is 0 Å². The Balaban J connectivity index is 2.07. The normalized spacial score (nSPS) is 19.9. The summed E-state index contributed by atoms with van der Waals surface area (Å²) in [6.45, 7) is 22.3. The van der Waals surface area contributed by atoms with Crippen molar-refractivity contribution in [3.05, 3.63) is 65.0 Å². The lowest BCUT2D eigenvalue weighted by Gasteiger charge is -2.43. The molecule has 1 amide bonds. The fourth-order valence-electron chi connectivity index (χ4n) is 4.70. The van der Waals surface area contributed by atoms with Crippen LogP contribution in [-0.2, 0) is 0 Å². The second kappa shape index (κ2) is 11.7. The minimum Gasteiger partial charge on any atom is -0.543 e. The average Bonchev–Trinajstić information content (AvgIpc) is 2.83. The molecule has 2 aromatic rings. The minimum atomic E-state index is -2.09. The van der Waals surface area contributed by atoms with E-state index in [0.717, 1.165) is 24.4 Å². The molecule has 0 saturated carbocycles. The van der Waals surface area contributed by atoms with Gasteiger partial charge < -0.3 is 14.6 Å². The third-order valence-corrected chi connectivity index (χ3v) is 12.5. The van der Waals surface area contributed by atoms with Gasteiger partial charge in [0.2, 0.25) is 8.32 Å². The van der Waals surface area contributed by atoms with Crippen molar-refractivity contribution in [3.8, 4) is 5.75 Å². The van der Waals surface area contributed by atoms with Gasteiger partial charge in [0.1, 0.15) is 11.6 Å². The number of piperazine rings is 1. The number of halogens is 1. The first kappa shape index (κ1) is 29.3. The van der Waals surface area contributed by atoms with Crippen LogP contribution in [0.5, 0.6) is 5.75 Å². The van der Waals surface area contributed by atoms with Gasteiger partial charge in [0.05, 0.1) is 6.04 Å². The van der Waals surface area contributed by atoms with Crippen molar-refractivity contribution in [2.75, 3.05) is 26.2 Å². The lowest BCUT2D eigenvalue weighted by molar-refractivity contribution is 0.0773. The summed E-state index contributed by atoms with van der Waals surface area (Å²) in [5.74, 6) is 0.500. The molecule has 1 unspecified atom stereocenters. The molecular formula is C30H46FN3O2Si. The van der Waals surface area contributed by atoms with Crippen molar-refractivity contribution >= 4 is 14.2 Å². The number of carbonyl (C=O) groups is 1. The summed E-state index contributed by atoms with van der Waals surface area (Å²) in [5, 5.41) is 3.58. The summed E-state index contributed by atoms with van der Waals surface area (Å²) < 4.78 is 22.2. The van der Waals surface area contributed by atoms with Crippen molar-refractivity contribution in [1.82, 2.24) is 15.1 Å². The van der Waals surface area contributed by atoms with Gasteiger partial charge in [-0.1, -0.05) is 32.9 Å². The number of hydrogen-bond acceptors (Lipinski definition) is 4. The van der Waals surface area contributed by atoms with Crippen molar-refractivity contribution < 1.29 is 13.6 Å². The van der Waals surface area contributed by atoms with Crippen LogP contribution < -0.4 is 9.74 Å². The van der Waals surface area contributed by atoms with Gasteiger partial charge in [0.25, 0.3) is 5.91 Å². The Morgan fingerprint density at radius 1 is 1.14 bits per heavy atom. The molecule has 2 aromatic carbocycles. The van der Waals surface area contributed by atoms with Crippen molar-refractivity contribution in [3.63, 3.8) is 0 Å². The van der Waals surface area contributed by atoms with Crippen LogP contribution in [0, 0.1) is 5.82 Å². The Labute approximate surface area is 224 Å². The van der Waals surface area contributed by atoms with Crippen molar-refractivity contribution in [2.45, 2.75) is 84.7 Å². The monoisotopic (exact) mass is 527 g/mol. The summed E-state index contributed by atoms with van der Waals surface area (Å²) >= 11 is 0. The molecule has 0 radical (unpaired) electrons. The van der Waals surface area contributed by atoms with E-state index in [4.69, 9.17) is 4.43 Å². The maximum absolute atomic E-state index is 15.6. The van der Waals surface area contributed by atoms with Gasteiger partial charge in [-0.15, -0.1) is 0 Å². The summed E-state index contributed by atoms with van der Waals surface area (Å²) in [4.78, 5) is 17.1. The highest BCUT2D eigenvalue weighted by Gasteiger charge is 2.39. The van der Waals surface area contributed by atoms with Gasteiger partial charge in [0.15, 0.2) is 0 Å². The van der Waals surface area contributed by atoms with Crippen LogP contribution in [0.15, 0.2) is 42.5 Å². The largest absolute Gasteiger partial charge is 0.543 e. The number of carbonyl (C=O) groups excluding carboxylic acids is 1. The molecule has 0 aromatic heterocycles. The van der Waals surface area contributed by atoms with Gasteiger partial charge in [0, 0.05) is 49.4 Å². The molecule has 0 aliphatic carbocycles. The van der Waals surface area contributed by atoms with E-state index in [0.29, 0.717) is 24.2 Å². The van der Waals surface area contributed by atoms with Crippen LogP contribution in [0.3, 0.4) is 0 Å². The zero-order valence-electron chi connectivity index (χ0n) is 24.2. The third kappa shape index (κ3) is 6.62. The highest BCUT2D eigenvalue weighted by atomic mass is 28.4. The summed E-state index contributed by atoms with van der Waals surface area (Å²) in [6.07, 6.45) is 0. The molecule has 1 saturated heterocycles. The quantitative estimate of drug-likeness (QED) is 0.400. The molecule has 3 atom stereocenters. The molecule has 3 rings (SSSR count). The van der Waals surface area contributed by atoms with E-state index in [2.05, 4.69) is 57.9 Å². The summed E-state index contributed by atoms with van der Waals surface area (Å²) in [7, 11) is -2.09. The maximum Gasteiger partial charge on any atom is 0.253 e. The fraction of sp³-hybridized carbons (Fsp3) is 0.567. The Morgan fingerprint density at radius 2 is 1.76 bits per heavy atom. The minimum absolute atomic E-state index is 0.0215. The van der Waals surface area contributed by atoms with Gasteiger partial charge in [-0.25, -0.2) is 4.39 Å². The molecule has 1 heterocycles. The van der Waals surface area contributed by atoms with Crippen LogP contribution in [0.2, 0.25) is 18.1 Å². The summed E-state index contributed by atoms with van der Waals surface area (Å²) in [5.41, 5.74) is 2.24. The first-order chi connectivity index (χ1) is 17.3. The van der Waals surface area contributed by atoms with E-state index >= 15 is 4.39 Å². The fourth-order valence-corrected chi connectivity index (χ4v) is 5.73. The zero-order valence-corrected chi connectivity index (χ0v) is 25.2. The lowest BCUT2D eigenvalue weighted by Crippen LogP contribution is -2.55. The smallest absolute Gasteiger partial charge is 0.253 e. The molecule has 1 fully saturated rings. The van der Waals surface area contributed by atoms with Crippen LogP contribution in [0.1, 0.15) is 76.0 Å². The predicted molar refractivity (Wildman–Crippen MR) is 153 cm³/mol. The molecular weight excluding hydrogens is 481 g/mol. The zero-order chi connectivity index (χ0) is 27.5. The highest BCUT2D eigenvalue weighted by molar-refractivity contribution is 6.74. The number of nitrogens with one attached hydrogen (secondary N) is 1. The number of amides is 1. The third-order valence-electron chi connectivity index (χ3n) is 8.11. The number of benzene rings is 2. The van der Waals surface area contributed by atoms with E-state index in [1.807, 2.05) is 49.1 Å². The van der Waals surface area contributed by atoms with Crippen LogP contribution in [-0.4, -0.2) is 62.3 Å². The van der Waals surface area contributed by atoms with Crippen molar-refractivity contribution in [2.24, 2.45) is 0 Å². The van der Waals surface area contributed by atoms with Gasteiger partial charge in [-0.2, -0.15) is 0 Å². The number of nitrogens with zero attached hydrogens (tertiary/aromatic N) is 2. The SMILES string of the molecule is CCN(CC)C(=O)c1ccc(C(c2cc(O[Si](C)(C)C(C)(C)C)ccc2F)N2C[C@@H](C)NC[C@@H]2C)cc1. The summed E-state index contributed by atoms with van der Waals surface area (Å²) in [6, 6.07) is 13.1. The topological polar surface area (TPSA) is 44.8 Å². The maximum atomic E-state index is 15.6. The molecule has 37 heavy (non-hydrogen) atoms. The van der Waals surface area contributed by atoms with E-state index < -0.39 is 8.32 Å². The first-order valence-corrected chi connectivity index (χ1v) is 16.6. The van der Waals surface area contributed by atoms with E-state index in [1.54, 1.807) is 12.1 Å². The Hall–Kier alpha value is -2.22. The Bertz CT molecular complexity index is 1060. The molecule has 1 aliphatic rings. The lowest BCUT2D eigenvalue weighted by atomic mass is 9.92. The highest BCUT2D eigenvalue weighted by Crippen LogP contribution is 2.40. The molecule has 0 bridgehead atoms. The van der Waals surface area contributed by atoms with Crippen LogP contribution in [0.4, 0.5) is 4.39 Å². The Kier molecular flexibility index (Phi) is 9.25. The van der Waals surface area contributed by atoms with Crippen molar-refractivity contribution in [1.29, 1.82) is 0 Å². The van der Waals surface area contributed by atoms with E-state index in [9.17, 15) is 4.79 Å². The molecule has 5 nitrogen and oxygen atoms in total. The molecule has 0 spiro atoms. The van der Waals surface area contributed by atoms with Gasteiger partial charge in [-0.3, -0.25) is 9.69 Å². The molecule has 1 N–H and O–H groups in total. The average molecular weight is 528 g/mol. The number of rotatable bonds is 8. The van der Waals surface area contributed by atoms with Gasteiger partial charge in [-0.05, 0) is 81.7 Å². The van der Waals surface area contributed by atoms with Crippen LogP contribution in [0.25, 0.3) is 0 Å². The Morgan fingerprint density at radius 3 is 2.32 bits per heavy atom. The van der Waals surface area contributed by atoms with E-state index in [1.165, 1.54) is 0 Å². The predicted octanol–water partition coefficient (Wildman–Crippen LogP) is 6.46. The van der Waals surface area contributed by atoms with Gasteiger partial charge >= 0.3 is 0 Å². The number of hydrogen-bond donors (Lipinski definition) is 1. The second-order valence-electron chi connectivity index (χ2n) is 11.9. The standard InChI is InChI=1S/C30H46FN3O2Si/c1-10-33(11-2)29(35)24-14-12-23(13-15-24)28(34-20-21(3)32-19-22(34)4)26-18-25(16-17-27(26)31)36-37(8,9)30(5,6)7/h12-18,21-22,28,32H,10-11,19-20H2,1-9H3/t21-,22+,28?/m1/s1. The van der Waals surface area contributed by atoms with E-state index in [-0.39, 0.29) is 34.9 Å². The molecule has 1 aliphatic heterocycles. The second-order valence-corrected chi connectivity index (χ2v) is 16.6. The molecule has 204 valence electrons. The molecule has 7 heteroatoms.